The Morgan fingerprint density at radius 1 is 0.683 bits per heavy atom. The Labute approximate surface area is 250 Å². The predicted molar refractivity (Wildman–Crippen MR) is 172 cm³/mol. The van der Waals surface area contributed by atoms with Gasteiger partial charge in [0.15, 0.2) is 0 Å². The van der Waals surface area contributed by atoms with Gasteiger partial charge in [-0.05, 0) is 104 Å². The van der Waals surface area contributed by atoms with Gasteiger partial charge < -0.3 is 9.47 Å². The molecule has 0 unspecified atom stereocenters. The number of ether oxygens (including phenoxy) is 2. The quantitative estimate of drug-likeness (QED) is 0.170. The van der Waals surface area contributed by atoms with Crippen LogP contribution in [0.25, 0.3) is 11.1 Å². The number of unbranched alkanes of at least 4 members (excludes halogenated alkanes) is 6. The van der Waals surface area contributed by atoms with Gasteiger partial charge in [-0.2, -0.15) is 0 Å². The smallest absolute Gasteiger partial charge is 0.438 e. The summed E-state index contributed by atoms with van der Waals surface area (Å²) >= 11 is 0. The Hall–Kier alpha value is -2.29. The highest BCUT2D eigenvalue weighted by Gasteiger charge is 2.39. The van der Waals surface area contributed by atoms with Crippen LogP contribution in [0.4, 0.5) is 4.79 Å². The molecule has 2 saturated carbocycles. The van der Waals surface area contributed by atoms with Gasteiger partial charge in [-0.1, -0.05) is 114 Å². The normalized spacial score (nSPS) is 24.6. The topological polar surface area (TPSA) is 35.5 Å². The van der Waals surface area contributed by atoms with Crippen LogP contribution in [0.3, 0.4) is 0 Å². The Morgan fingerprint density at radius 3 is 1.73 bits per heavy atom. The molecule has 3 nitrogen and oxygen atoms in total. The van der Waals surface area contributed by atoms with Crippen LogP contribution in [-0.4, -0.2) is 18.9 Å². The van der Waals surface area contributed by atoms with E-state index >= 15 is 0 Å². The number of rotatable bonds is 14. The predicted octanol–water partition coefficient (Wildman–Crippen LogP) is 11.7. The van der Waals surface area contributed by atoms with Crippen LogP contribution < -0.4 is 0 Å². The van der Waals surface area contributed by atoms with E-state index in [-0.39, 0.29) is 5.60 Å². The number of hydrogen-bond acceptors (Lipinski definition) is 3. The van der Waals surface area contributed by atoms with Crippen molar-refractivity contribution in [3.8, 4) is 11.1 Å². The zero-order valence-electron chi connectivity index (χ0n) is 26.3. The van der Waals surface area contributed by atoms with Gasteiger partial charge in [-0.15, -0.1) is 0 Å². The number of benzene rings is 2. The molecule has 0 bridgehead atoms. The lowest BCUT2D eigenvalue weighted by atomic mass is 9.74. The van der Waals surface area contributed by atoms with Crippen molar-refractivity contribution in [2.45, 2.75) is 147 Å². The first kappa shape index (κ1) is 31.6. The van der Waals surface area contributed by atoms with Crippen molar-refractivity contribution in [2.75, 3.05) is 7.11 Å². The van der Waals surface area contributed by atoms with E-state index in [1.807, 2.05) is 0 Å². The first-order valence-corrected chi connectivity index (χ1v) is 17.0. The largest absolute Gasteiger partial charge is 0.508 e. The van der Waals surface area contributed by atoms with E-state index in [1.54, 1.807) is 0 Å². The number of methoxy groups -OCH3 is 1. The molecule has 0 N–H and O–H groups in total. The Kier molecular flexibility index (Phi) is 12.6. The van der Waals surface area contributed by atoms with Crippen molar-refractivity contribution in [3.63, 3.8) is 0 Å². The fraction of sp³-hybridized carbons (Fsp3) is 0.658. The van der Waals surface area contributed by atoms with E-state index in [0.717, 1.165) is 50.4 Å². The molecule has 0 spiro atoms. The van der Waals surface area contributed by atoms with Gasteiger partial charge >= 0.3 is 6.16 Å². The third-order valence-electron chi connectivity index (χ3n) is 10.3. The molecule has 0 aliphatic heterocycles. The molecule has 0 aromatic heterocycles. The second kappa shape index (κ2) is 16.4. The molecule has 226 valence electrons. The van der Waals surface area contributed by atoms with Gasteiger partial charge in [-0.3, -0.25) is 0 Å². The van der Waals surface area contributed by atoms with Gasteiger partial charge in [-0.25, -0.2) is 4.79 Å². The summed E-state index contributed by atoms with van der Waals surface area (Å²) in [5.74, 6) is 2.23. The maximum absolute atomic E-state index is 12.1. The van der Waals surface area contributed by atoms with Gasteiger partial charge in [0.05, 0.1) is 7.11 Å². The summed E-state index contributed by atoms with van der Waals surface area (Å²) in [6.45, 7) is 4.55. The fourth-order valence-corrected chi connectivity index (χ4v) is 7.51. The standard InChI is InChI=1S/C38H56O3/c1-4-6-8-9-11-27-38(41-37(39)40-3)28-25-36(26-29-38)35-23-21-34(22-24-35)33-19-17-32(18-20-33)31-15-13-30(14-16-31)12-10-7-5-2/h17-24,30-31,36H,4-16,25-29H2,1-3H3. The van der Waals surface area contributed by atoms with Crippen molar-refractivity contribution < 1.29 is 14.3 Å². The maximum atomic E-state index is 12.1. The molecular weight excluding hydrogens is 504 g/mol. The minimum absolute atomic E-state index is 0.355. The van der Waals surface area contributed by atoms with Crippen molar-refractivity contribution in [1.82, 2.24) is 0 Å². The maximum Gasteiger partial charge on any atom is 0.508 e. The molecule has 2 aliphatic rings. The lowest BCUT2D eigenvalue weighted by Gasteiger charge is -2.39. The minimum atomic E-state index is -0.525. The zero-order chi connectivity index (χ0) is 28.9. The number of hydrogen-bond donors (Lipinski definition) is 0. The van der Waals surface area contributed by atoms with Crippen molar-refractivity contribution in [3.05, 3.63) is 59.7 Å². The number of carbonyl (C=O) groups excluding carboxylic acids is 1. The van der Waals surface area contributed by atoms with Crippen LogP contribution in [0.5, 0.6) is 0 Å². The van der Waals surface area contributed by atoms with Gasteiger partial charge in [0, 0.05) is 0 Å². The SMILES string of the molecule is CCCCCCCC1(OC(=O)OC)CCC(c2ccc(-c3ccc(C4CCC(CCCCC)CC4)cc3)cc2)CC1. The Balaban J connectivity index is 1.28. The van der Waals surface area contributed by atoms with Crippen LogP contribution in [0.15, 0.2) is 48.5 Å². The van der Waals surface area contributed by atoms with E-state index < -0.39 is 6.16 Å². The molecule has 0 amide bonds. The molecule has 41 heavy (non-hydrogen) atoms. The Bertz CT molecular complexity index is 1010. The van der Waals surface area contributed by atoms with E-state index in [0.29, 0.717) is 5.92 Å². The third-order valence-corrected chi connectivity index (χ3v) is 10.3. The van der Waals surface area contributed by atoms with Crippen LogP contribution in [-0.2, 0) is 9.47 Å². The highest BCUT2D eigenvalue weighted by molar-refractivity contribution is 5.64. The third kappa shape index (κ3) is 9.35. The summed E-state index contributed by atoms with van der Waals surface area (Å²) in [6.07, 6.45) is 21.6. The van der Waals surface area contributed by atoms with E-state index in [1.165, 1.54) is 106 Å². The van der Waals surface area contributed by atoms with Crippen LogP contribution in [0, 0.1) is 5.92 Å². The summed E-state index contributed by atoms with van der Waals surface area (Å²) in [5, 5.41) is 0. The molecule has 0 atom stereocenters. The molecule has 2 aromatic rings. The first-order chi connectivity index (χ1) is 20.1. The van der Waals surface area contributed by atoms with Gasteiger partial charge in [0.1, 0.15) is 5.60 Å². The van der Waals surface area contributed by atoms with Gasteiger partial charge in [0.25, 0.3) is 0 Å². The van der Waals surface area contributed by atoms with E-state index in [2.05, 4.69) is 62.4 Å². The lowest BCUT2D eigenvalue weighted by Crippen LogP contribution is -2.39. The summed E-state index contributed by atoms with van der Waals surface area (Å²) < 4.78 is 10.8. The van der Waals surface area contributed by atoms with Crippen molar-refractivity contribution in [1.29, 1.82) is 0 Å². The van der Waals surface area contributed by atoms with E-state index in [4.69, 9.17) is 9.47 Å². The summed E-state index contributed by atoms with van der Waals surface area (Å²) in [5.41, 5.74) is 5.20. The molecule has 2 aliphatic carbocycles. The van der Waals surface area contributed by atoms with Crippen LogP contribution >= 0.6 is 0 Å². The second-order valence-electron chi connectivity index (χ2n) is 13.1. The lowest BCUT2D eigenvalue weighted by molar-refractivity contribution is -0.0574. The average Bonchev–Trinajstić information content (AvgIpc) is 3.02. The molecule has 0 heterocycles. The summed E-state index contributed by atoms with van der Waals surface area (Å²) in [7, 11) is 1.42. The fourth-order valence-electron chi connectivity index (χ4n) is 7.51. The molecular formula is C38H56O3. The molecule has 3 heteroatoms. The molecule has 2 aromatic carbocycles. The monoisotopic (exact) mass is 560 g/mol. The summed E-state index contributed by atoms with van der Waals surface area (Å²) in [4.78, 5) is 12.1. The van der Waals surface area contributed by atoms with Crippen LogP contribution in [0.1, 0.15) is 152 Å². The minimum Gasteiger partial charge on any atom is -0.438 e. The molecule has 4 rings (SSSR count). The van der Waals surface area contributed by atoms with Crippen molar-refractivity contribution in [2.24, 2.45) is 5.92 Å². The second-order valence-corrected chi connectivity index (χ2v) is 13.1. The number of carbonyl (C=O) groups is 1. The Morgan fingerprint density at radius 2 is 1.20 bits per heavy atom. The first-order valence-electron chi connectivity index (χ1n) is 17.0. The summed E-state index contributed by atoms with van der Waals surface area (Å²) in [6, 6.07) is 18.7. The zero-order valence-corrected chi connectivity index (χ0v) is 26.3. The molecule has 0 radical (unpaired) electrons. The highest BCUT2D eigenvalue weighted by Crippen LogP contribution is 2.43. The highest BCUT2D eigenvalue weighted by atomic mass is 16.7. The van der Waals surface area contributed by atoms with Gasteiger partial charge in [0.2, 0.25) is 0 Å². The average molecular weight is 561 g/mol. The van der Waals surface area contributed by atoms with E-state index in [9.17, 15) is 4.79 Å². The molecule has 2 fully saturated rings. The van der Waals surface area contributed by atoms with Crippen LogP contribution in [0.2, 0.25) is 0 Å². The molecule has 0 saturated heterocycles. The van der Waals surface area contributed by atoms with Crippen molar-refractivity contribution >= 4 is 6.16 Å².